The first-order valence-electron chi connectivity index (χ1n) is 12.0. The highest BCUT2D eigenvalue weighted by Crippen LogP contribution is 2.81. The molecule has 0 radical (unpaired) electrons. The molecule has 3 saturated carbocycles. The van der Waals surface area contributed by atoms with Crippen LogP contribution < -0.4 is 0 Å². The Morgan fingerprint density at radius 3 is 1.36 bits per heavy atom. The van der Waals surface area contributed by atoms with Crippen molar-refractivity contribution in [3.63, 3.8) is 0 Å². The normalized spacial score (nSPS) is 39.6. The van der Waals surface area contributed by atoms with Crippen LogP contribution in [0.5, 0.6) is 0 Å². The second kappa shape index (κ2) is 6.19. The molecule has 7 rings (SSSR count). The molecular weight excluding hydrogens is 452 g/mol. The zero-order chi connectivity index (χ0) is 22.9. The first-order valence-corrected chi connectivity index (χ1v) is 15.1. The summed E-state index contributed by atoms with van der Waals surface area (Å²) in [5.41, 5.74) is 2.99. The van der Waals surface area contributed by atoms with Crippen LogP contribution in [0.3, 0.4) is 0 Å². The van der Waals surface area contributed by atoms with E-state index in [1.807, 2.05) is 0 Å². The average Bonchev–Trinajstić information content (AvgIpc) is 3.36. The molecule has 0 aromatic heterocycles. The van der Waals surface area contributed by atoms with Gasteiger partial charge in [0.15, 0.2) is 19.7 Å². The van der Waals surface area contributed by atoms with Crippen molar-refractivity contribution in [2.24, 2.45) is 40.9 Å². The molecule has 0 N–H and O–H groups in total. The Morgan fingerprint density at radius 2 is 0.970 bits per heavy atom. The van der Waals surface area contributed by atoms with E-state index in [4.69, 9.17) is 0 Å². The predicted molar refractivity (Wildman–Crippen MR) is 126 cm³/mol. The van der Waals surface area contributed by atoms with Crippen molar-refractivity contribution in [2.75, 3.05) is 0 Å². The van der Waals surface area contributed by atoms with Crippen molar-refractivity contribution in [1.29, 1.82) is 0 Å². The first kappa shape index (κ1) is 20.5. The third-order valence-corrected chi connectivity index (χ3v) is 14.5. The van der Waals surface area contributed by atoms with Gasteiger partial charge in [0.25, 0.3) is 0 Å². The van der Waals surface area contributed by atoms with Crippen LogP contribution in [0.15, 0.2) is 81.6 Å². The molecule has 6 heteroatoms. The fourth-order valence-electron chi connectivity index (χ4n) is 8.80. The van der Waals surface area contributed by atoms with Crippen molar-refractivity contribution >= 4 is 19.7 Å². The van der Waals surface area contributed by atoms with Gasteiger partial charge in [-0.3, -0.25) is 0 Å². The van der Waals surface area contributed by atoms with E-state index in [0.29, 0.717) is 35.5 Å². The quantitative estimate of drug-likeness (QED) is 0.476. The van der Waals surface area contributed by atoms with Crippen molar-refractivity contribution in [1.82, 2.24) is 0 Å². The standard InChI is InChI=1S/C27H28O4S2/c1-27(2)23-17-13-18(24(23)27)22-20-14-19(21(17)22)25(32(28,29)15-9-5-3-6-10-15)26(20)33(30,31)16-11-7-4-8-12-16/h3-12,17-20,23-26H,13-14H2,1-2H3/t17-,18-,19+,20+,23+,24+,25-,26+/m0/s1. The summed E-state index contributed by atoms with van der Waals surface area (Å²) in [6, 6.07) is 16.9. The summed E-state index contributed by atoms with van der Waals surface area (Å²) in [7, 11) is -7.62. The lowest BCUT2D eigenvalue weighted by Gasteiger charge is -2.35. The Kier molecular flexibility index (Phi) is 3.84. The third kappa shape index (κ3) is 2.37. The Bertz CT molecular complexity index is 1300. The van der Waals surface area contributed by atoms with Crippen molar-refractivity contribution in [2.45, 2.75) is 47.0 Å². The lowest BCUT2D eigenvalue weighted by Crippen LogP contribution is -2.46. The molecule has 0 unspecified atom stereocenters. The molecular formula is C27H28O4S2. The van der Waals surface area contributed by atoms with Crippen molar-refractivity contribution < 1.29 is 16.8 Å². The SMILES string of the molecule is CC1(C)[C@H]2[C@H]1[C@H]1C[C@H]2C2=C1[C@H]1C[C@H]2[C@H](S(=O)(=O)c2ccccc2)[C@@H]1S(=O)(=O)c1ccccc1. The summed E-state index contributed by atoms with van der Waals surface area (Å²) in [6.45, 7) is 4.67. The van der Waals surface area contributed by atoms with Gasteiger partial charge in [-0.1, -0.05) is 61.4 Å². The van der Waals surface area contributed by atoms with E-state index in [2.05, 4.69) is 13.8 Å². The van der Waals surface area contributed by atoms with Crippen LogP contribution in [0.1, 0.15) is 26.7 Å². The van der Waals surface area contributed by atoms with E-state index in [1.165, 1.54) is 11.1 Å². The summed E-state index contributed by atoms with van der Waals surface area (Å²) >= 11 is 0. The van der Waals surface area contributed by atoms with Crippen LogP contribution in [-0.2, 0) is 19.7 Å². The summed E-state index contributed by atoms with van der Waals surface area (Å²) in [6.07, 6.45) is 1.78. The second-order valence-corrected chi connectivity index (χ2v) is 15.5. The molecule has 8 atom stereocenters. The number of rotatable bonds is 4. The Hall–Kier alpha value is -1.92. The fourth-order valence-corrected chi connectivity index (χ4v) is 13.8. The summed E-state index contributed by atoms with van der Waals surface area (Å²) in [5.74, 6) is 1.84. The van der Waals surface area contributed by atoms with Crippen LogP contribution in [-0.4, -0.2) is 27.3 Å². The first-order chi connectivity index (χ1) is 15.7. The minimum atomic E-state index is -3.81. The highest BCUT2D eigenvalue weighted by atomic mass is 32.2. The highest BCUT2D eigenvalue weighted by Gasteiger charge is 2.77. The van der Waals surface area contributed by atoms with Gasteiger partial charge in [0.05, 0.1) is 20.3 Å². The van der Waals surface area contributed by atoms with Gasteiger partial charge in [0.1, 0.15) is 0 Å². The number of fused-ring (bicyclic) bond motifs is 11. The molecule has 0 heterocycles. The number of hydrogen-bond donors (Lipinski definition) is 0. The van der Waals surface area contributed by atoms with Crippen LogP contribution in [0.25, 0.3) is 0 Å². The maximum absolute atomic E-state index is 14.0. The van der Waals surface area contributed by atoms with Gasteiger partial charge in [-0.2, -0.15) is 0 Å². The molecule has 4 bridgehead atoms. The lowest BCUT2D eigenvalue weighted by atomic mass is 9.82. The topological polar surface area (TPSA) is 68.3 Å². The van der Waals surface area contributed by atoms with Gasteiger partial charge in [-0.25, -0.2) is 16.8 Å². The summed E-state index contributed by atoms with van der Waals surface area (Å²) in [5, 5.41) is -1.82. The van der Waals surface area contributed by atoms with Crippen LogP contribution >= 0.6 is 0 Å². The van der Waals surface area contributed by atoms with E-state index in [0.717, 1.165) is 6.42 Å². The van der Waals surface area contributed by atoms with Gasteiger partial charge in [-0.15, -0.1) is 0 Å². The van der Waals surface area contributed by atoms with Crippen molar-refractivity contribution in [3.05, 3.63) is 71.8 Å². The van der Waals surface area contributed by atoms with E-state index < -0.39 is 30.2 Å². The van der Waals surface area contributed by atoms with Gasteiger partial charge in [0.2, 0.25) is 0 Å². The van der Waals surface area contributed by atoms with E-state index in [9.17, 15) is 16.8 Å². The molecule has 33 heavy (non-hydrogen) atoms. The maximum Gasteiger partial charge on any atom is 0.183 e. The molecule has 0 aliphatic heterocycles. The van der Waals surface area contributed by atoms with Gasteiger partial charge in [0, 0.05) is 0 Å². The molecule has 5 aliphatic rings. The number of hydrogen-bond acceptors (Lipinski definition) is 4. The zero-order valence-electron chi connectivity index (χ0n) is 18.8. The van der Waals surface area contributed by atoms with Crippen LogP contribution in [0.4, 0.5) is 0 Å². The van der Waals surface area contributed by atoms with E-state index in [1.54, 1.807) is 60.7 Å². The maximum atomic E-state index is 14.0. The number of allylic oxidation sites excluding steroid dienone is 2. The molecule has 3 fully saturated rings. The van der Waals surface area contributed by atoms with Crippen LogP contribution in [0, 0.1) is 40.9 Å². The minimum Gasteiger partial charge on any atom is -0.223 e. The molecule has 0 amide bonds. The summed E-state index contributed by atoms with van der Waals surface area (Å²) in [4.78, 5) is 0.483. The van der Waals surface area contributed by atoms with Gasteiger partial charge >= 0.3 is 0 Å². The number of benzene rings is 2. The monoisotopic (exact) mass is 480 g/mol. The fraction of sp³-hybridized carbons (Fsp3) is 0.481. The average molecular weight is 481 g/mol. The Balaban J connectivity index is 1.41. The molecule has 5 aliphatic carbocycles. The smallest absolute Gasteiger partial charge is 0.183 e. The zero-order valence-corrected chi connectivity index (χ0v) is 20.4. The summed E-state index contributed by atoms with van der Waals surface area (Å²) < 4.78 is 56.2. The Labute approximate surface area is 195 Å². The molecule has 0 spiro atoms. The van der Waals surface area contributed by atoms with Crippen LogP contribution in [0.2, 0.25) is 0 Å². The lowest BCUT2D eigenvalue weighted by molar-refractivity contribution is 0.362. The van der Waals surface area contributed by atoms with E-state index >= 15 is 0 Å². The predicted octanol–water partition coefficient (Wildman–Crippen LogP) is 4.54. The third-order valence-electron chi connectivity index (χ3n) is 9.79. The molecule has 4 nitrogen and oxygen atoms in total. The van der Waals surface area contributed by atoms with Gasteiger partial charge in [-0.05, 0) is 78.0 Å². The Morgan fingerprint density at radius 1 is 0.606 bits per heavy atom. The molecule has 2 aromatic carbocycles. The highest BCUT2D eigenvalue weighted by molar-refractivity contribution is 7.96. The van der Waals surface area contributed by atoms with E-state index in [-0.39, 0.29) is 21.6 Å². The molecule has 2 aromatic rings. The largest absolute Gasteiger partial charge is 0.223 e. The van der Waals surface area contributed by atoms with Gasteiger partial charge < -0.3 is 0 Å². The molecule has 0 saturated heterocycles. The minimum absolute atomic E-state index is 0.175. The molecule has 172 valence electrons. The van der Waals surface area contributed by atoms with Crippen molar-refractivity contribution in [3.8, 4) is 0 Å². The second-order valence-electron chi connectivity index (χ2n) is 11.3. The number of sulfone groups is 2.